The van der Waals surface area contributed by atoms with Gasteiger partial charge in [-0.2, -0.15) is 4.72 Å². The Morgan fingerprint density at radius 2 is 2.12 bits per heavy atom. The molecule has 1 N–H and O–H groups in total. The Bertz CT molecular complexity index is 531. The summed E-state index contributed by atoms with van der Waals surface area (Å²) in [4.78, 5) is -0.389. The number of nitrogens with one attached hydrogen (secondary N) is 1. The standard InChI is InChI=1S/C11H12FNO2S/c1-4-9(3)13-16(14,15)11-6-5-8(2)7-10(11)12/h1,5-7,9,13H,2-3H3/t9-/m1/s1. The predicted octanol–water partition coefficient (Wildman–Crippen LogP) is 1.43. The molecule has 1 rings (SSSR count). The first-order valence-electron chi connectivity index (χ1n) is 4.61. The molecular formula is C11H12FNO2S. The Morgan fingerprint density at radius 3 is 2.62 bits per heavy atom. The van der Waals surface area contributed by atoms with E-state index in [1.165, 1.54) is 19.1 Å². The van der Waals surface area contributed by atoms with E-state index in [9.17, 15) is 12.8 Å². The Balaban J connectivity index is 3.14. The normalized spacial score (nSPS) is 13.1. The molecule has 0 fully saturated rings. The smallest absolute Gasteiger partial charge is 0.207 e. The van der Waals surface area contributed by atoms with Gasteiger partial charge in [0.1, 0.15) is 10.7 Å². The van der Waals surface area contributed by atoms with Crippen LogP contribution in [-0.2, 0) is 10.0 Å². The van der Waals surface area contributed by atoms with Crippen LogP contribution in [0.4, 0.5) is 4.39 Å². The van der Waals surface area contributed by atoms with Gasteiger partial charge in [0.2, 0.25) is 10.0 Å². The summed E-state index contributed by atoms with van der Waals surface area (Å²) in [6.07, 6.45) is 5.05. The molecule has 0 heterocycles. The zero-order valence-electron chi connectivity index (χ0n) is 8.99. The van der Waals surface area contributed by atoms with Crippen LogP contribution in [0, 0.1) is 25.1 Å². The SMILES string of the molecule is C#C[C@@H](C)NS(=O)(=O)c1ccc(C)cc1F. The van der Waals surface area contributed by atoms with Crippen molar-refractivity contribution < 1.29 is 12.8 Å². The molecule has 1 atom stereocenters. The van der Waals surface area contributed by atoms with Gasteiger partial charge in [0.05, 0.1) is 6.04 Å². The van der Waals surface area contributed by atoms with Crippen LogP contribution in [0.1, 0.15) is 12.5 Å². The number of benzene rings is 1. The highest BCUT2D eigenvalue weighted by atomic mass is 32.2. The van der Waals surface area contributed by atoms with E-state index < -0.39 is 21.9 Å². The van der Waals surface area contributed by atoms with Crippen LogP contribution in [0.25, 0.3) is 0 Å². The molecule has 0 saturated heterocycles. The molecule has 0 radical (unpaired) electrons. The molecule has 0 aliphatic rings. The van der Waals surface area contributed by atoms with Gasteiger partial charge in [0.15, 0.2) is 0 Å². The highest BCUT2D eigenvalue weighted by Crippen LogP contribution is 2.15. The highest BCUT2D eigenvalue weighted by Gasteiger charge is 2.20. The summed E-state index contributed by atoms with van der Waals surface area (Å²) in [5, 5.41) is 0. The van der Waals surface area contributed by atoms with Crippen LogP contribution in [-0.4, -0.2) is 14.5 Å². The first-order chi connectivity index (χ1) is 7.36. The molecule has 86 valence electrons. The van der Waals surface area contributed by atoms with Gasteiger partial charge in [0.25, 0.3) is 0 Å². The molecule has 0 aromatic heterocycles. The van der Waals surface area contributed by atoms with Gasteiger partial charge < -0.3 is 0 Å². The van der Waals surface area contributed by atoms with Crippen molar-refractivity contribution in [2.45, 2.75) is 24.8 Å². The largest absolute Gasteiger partial charge is 0.244 e. The van der Waals surface area contributed by atoms with Crippen LogP contribution in [0.3, 0.4) is 0 Å². The van der Waals surface area contributed by atoms with Crippen molar-refractivity contribution in [1.29, 1.82) is 0 Å². The van der Waals surface area contributed by atoms with E-state index in [0.29, 0.717) is 5.56 Å². The van der Waals surface area contributed by atoms with Crippen molar-refractivity contribution in [2.75, 3.05) is 0 Å². The van der Waals surface area contributed by atoms with Crippen LogP contribution in [0.5, 0.6) is 0 Å². The van der Waals surface area contributed by atoms with E-state index >= 15 is 0 Å². The molecule has 0 amide bonds. The molecule has 1 aromatic rings. The van der Waals surface area contributed by atoms with Crippen molar-refractivity contribution in [3.05, 3.63) is 29.6 Å². The first kappa shape index (κ1) is 12.7. The Hall–Kier alpha value is -1.38. The topological polar surface area (TPSA) is 46.2 Å². The lowest BCUT2D eigenvalue weighted by atomic mass is 10.2. The lowest BCUT2D eigenvalue weighted by molar-refractivity contribution is 0.554. The van der Waals surface area contributed by atoms with Crippen molar-refractivity contribution in [2.24, 2.45) is 0 Å². The van der Waals surface area contributed by atoms with Crippen molar-refractivity contribution in [3.8, 4) is 12.3 Å². The number of hydrogen-bond acceptors (Lipinski definition) is 2. The second-order valence-corrected chi connectivity index (χ2v) is 5.13. The van der Waals surface area contributed by atoms with Crippen LogP contribution in [0.15, 0.2) is 23.1 Å². The van der Waals surface area contributed by atoms with E-state index in [0.717, 1.165) is 6.07 Å². The molecule has 0 bridgehead atoms. The number of terminal acetylenes is 1. The van der Waals surface area contributed by atoms with E-state index in [1.54, 1.807) is 6.92 Å². The maximum atomic E-state index is 13.4. The fourth-order valence-electron chi connectivity index (χ4n) is 1.15. The molecule has 5 heteroatoms. The van der Waals surface area contributed by atoms with E-state index in [2.05, 4.69) is 10.6 Å². The monoisotopic (exact) mass is 241 g/mol. The third-order valence-corrected chi connectivity index (χ3v) is 3.53. The summed E-state index contributed by atoms with van der Waals surface area (Å²) in [5.41, 5.74) is 0.654. The minimum absolute atomic E-state index is 0.389. The fourth-order valence-corrected chi connectivity index (χ4v) is 2.38. The van der Waals surface area contributed by atoms with Crippen LogP contribution >= 0.6 is 0 Å². The maximum absolute atomic E-state index is 13.4. The summed E-state index contributed by atoms with van der Waals surface area (Å²) >= 11 is 0. The van der Waals surface area contributed by atoms with Crippen molar-refractivity contribution in [3.63, 3.8) is 0 Å². The average molecular weight is 241 g/mol. The zero-order valence-corrected chi connectivity index (χ0v) is 9.81. The van der Waals surface area contributed by atoms with E-state index in [1.807, 2.05) is 0 Å². The summed E-state index contributed by atoms with van der Waals surface area (Å²) in [6.45, 7) is 3.18. The summed E-state index contributed by atoms with van der Waals surface area (Å²) in [5.74, 6) is 1.43. The second kappa shape index (κ2) is 4.64. The van der Waals surface area contributed by atoms with E-state index in [4.69, 9.17) is 6.42 Å². The third kappa shape index (κ3) is 2.81. The van der Waals surface area contributed by atoms with Gasteiger partial charge in [-0.3, -0.25) is 0 Å². The molecule has 1 aromatic carbocycles. The number of aryl methyl sites for hydroxylation is 1. The van der Waals surface area contributed by atoms with Gasteiger partial charge >= 0.3 is 0 Å². The molecule has 0 aliphatic carbocycles. The zero-order chi connectivity index (χ0) is 12.3. The lowest BCUT2D eigenvalue weighted by Crippen LogP contribution is -2.31. The summed E-state index contributed by atoms with van der Waals surface area (Å²) < 4.78 is 39.0. The molecule has 0 aliphatic heterocycles. The van der Waals surface area contributed by atoms with Crippen molar-refractivity contribution in [1.82, 2.24) is 4.72 Å². The van der Waals surface area contributed by atoms with Gasteiger partial charge in [-0.1, -0.05) is 12.0 Å². The highest BCUT2D eigenvalue weighted by molar-refractivity contribution is 7.89. The quantitative estimate of drug-likeness (QED) is 0.814. The van der Waals surface area contributed by atoms with E-state index in [-0.39, 0.29) is 4.90 Å². The Morgan fingerprint density at radius 1 is 1.50 bits per heavy atom. The minimum atomic E-state index is -3.89. The number of sulfonamides is 1. The lowest BCUT2D eigenvalue weighted by Gasteiger charge is -2.09. The third-order valence-electron chi connectivity index (χ3n) is 1.96. The van der Waals surface area contributed by atoms with Gasteiger partial charge in [-0.15, -0.1) is 6.42 Å². The van der Waals surface area contributed by atoms with Gasteiger partial charge in [-0.05, 0) is 31.5 Å². The average Bonchev–Trinajstić information content (AvgIpc) is 2.16. The molecule has 0 saturated carbocycles. The van der Waals surface area contributed by atoms with Gasteiger partial charge in [-0.25, -0.2) is 12.8 Å². The number of halogens is 1. The molecule has 16 heavy (non-hydrogen) atoms. The molecular weight excluding hydrogens is 229 g/mol. The van der Waals surface area contributed by atoms with Gasteiger partial charge in [0, 0.05) is 0 Å². The van der Waals surface area contributed by atoms with Crippen LogP contribution in [0.2, 0.25) is 0 Å². The molecule has 3 nitrogen and oxygen atoms in total. The van der Waals surface area contributed by atoms with Crippen molar-refractivity contribution >= 4 is 10.0 Å². The Labute approximate surface area is 94.7 Å². The maximum Gasteiger partial charge on any atom is 0.244 e. The Kier molecular flexibility index (Phi) is 3.68. The number of rotatable bonds is 3. The summed E-state index contributed by atoms with van der Waals surface area (Å²) in [6, 6.07) is 3.23. The summed E-state index contributed by atoms with van der Waals surface area (Å²) in [7, 11) is -3.89. The first-order valence-corrected chi connectivity index (χ1v) is 6.10. The number of hydrogen-bond donors (Lipinski definition) is 1. The predicted molar refractivity (Wildman–Crippen MR) is 59.8 cm³/mol. The van der Waals surface area contributed by atoms with Crippen LogP contribution < -0.4 is 4.72 Å². The second-order valence-electron chi connectivity index (χ2n) is 3.44. The molecule has 0 spiro atoms. The fraction of sp³-hybridized carbons (Fsp3) is 0.273. The minimum Gasteiger partial charge on any atom is -0.207 e. The molecule has 0 unspecified atom stereocenters.